The van der Waals surface area contributed by atoms with E-state index >= 15 is 0 Å². The fraction of sp³-hybridized carbons (Fsp3) is 1.00. The normalized spacial score (nSPS) is 33.4. The van der Waals surface area contributed by atoms with Gasteiger partial charge < -0.3 is 5.11 Å². The van der Waals surface area contributed by atoms with Gasteiger partial charge in [0.15, 0.2) is 0 Å². The molecule has 0 radical (unpaired) electrons. The largest absolute Gasteiger partial charge is 0.396 e. The molecular formula is C5H11NO3S. The molecule has 0 saturated heterocycles. The molecule has 4 nitrogen and oxygen atoms in total. The van der Waals surface area contributed by atoms with Gasteiger partial charge in [0.05, 0.1) is 5.25 Å². The summed E-state index contributed by atoms with van der Waals surface area (Å²) < 4.78 is 21.1. The number of hydrogen-bond donors (Lipinski definition) is 2. The van der Waals surface area contributed by atoms with Gasteiger partial charge in [-0.2, -0.15) is 0 Å². The summed E-state index contributed by atoms with van der Waals surface area (Å²) in [5, 5.41) is 13.0. The van der Waals surface area contributed by atoms with Crippen LogP contribution in [0.15, 0.2) is 0 Å². The lowest BCUT2D eigenvalue weighted by Crippen LogP contribution is -2.41. The van der Waals surface area contributed by atoms with Crippen LogP contribution in [-0.4, -0.2) is 25.4 Å². The molecule has 0 spiro atoms. The van der Waals surface area contributed by atoms with Crippen molar-refractivity contribution in [1.82, 2.24) is 0 Å². The van der Waals surface area contributed by atoms with Gasteiger partial charge in [-0.1, -0.05) is 0 Å². The van der Waals surface area contributed by atoms with E-state index in [2.05, 4.69) is 0 Å². The predicted molar refractivity (Wildman–Crippen MR) is 36.7 cm³/mol. The average Bonchev–Trinajstić information content (AvgIpc) is 1.57. The van der Waals surface area contributed by atoms with Crippen molar-refractivity contribution in [2.45, 2.75) is 18.1 Å². The van der Waals surface area contributed by atoms with E-state index in [1.807, 2.05) is 0 Å². The SMILES string of the molecule is NS(=O)(=O)[C@H]1C[C@H](CO)C1. The van der Waals surface area contributed by atoms with Crippen molar-refractivity contribution in [3.8, 4) is 0 Å². The second kappa shape index (κ2) is 2.48. The summed E-state index contributed by atoms with van der Waals surface area (Å²) in [5.74, 6) is 0.156. The van der Waals surface area contributed by atoms with Crippen molar-refractivity contribution in [2.24, 2.45) is 11.1 Å². The standard InChI is InChI=1S/C5H11NO3S/c6-10(8,9)5-1-4(2-5)3-7/h4-5,7H,1-3H2,(H2,6,8,9)/t4-,5-. The third-order valence-electron chi connectivity index (χ3n) is 1.92. The van der Waals surface area contributed by atoms with Crippen LogP contribution in [0.1, 0.15) is 12.8 Å². The van der Waals surface area contributed by atoms with Gasteiger partial charge in [0, 0.05) is 6.61 Å². The Kier molecular flexibility index (Phi) is 1.98. The molecule has 10 heavy (non-hydrogen) atoms. The maximum Gasteiger partial charge on any atom is 0.211 e. The molecular weight excluding hydrogens is 154 g/mol. The number of aliphatic hydroxyl groups is 1. The number of nitrogens with two attached hydrogens (primary N) is 1. The van der Waals surface area contributed by atoms with Crippen LogP contribution in [0.2, 0.25) is 0 Å². The molecule has 0 aromatic rings. The Hall–Kier alpha value is -0.130. The van der Waals surface area contributed by atoms with Gasteiger partial charge in [-0.15, -0.1) is 0 Å². The van der Waals surface area contributed by atoms with Crippen molar-refractivity contribution >= 4 is 10.0 Å². The van der Waals surface area contributed by atoms with Crippen LogP contribution in [0.3, 0.4) is 0 Å². The van der Waals surface area contributed by atoms with Gasteiger partial charge in [0.1, 0.15) is 0 Å². The molecule has 60 valence electrons. The predicted octanol–water partition coefficient (Wildman–Crippen LogP) is -0.954. The van der Waals surface area contributed by atoms with Gasteiger partial charge in [-0.25, -0.2) is 13.6 Å². The summed E-state index contributed by atoms with van der Waals surface area (Å²) >= 11 is 0. The minimum absolute atomic E-state index is 0.0754. The molecule has 0 aromatic carbocycles. The number of hydrogen-bond acceptors (Lipinski definition) is 3. The van der Waals surface area contributed by atoms with E-state index in [-0.39, 0.29) is 12.5 Å². The van der Waals surface area contributed by atoms with Crippen LogP contribution in [0, 0.1) is 5.92 Å². The van der Waals surface area contributed by atoms with Crippen molar-refractivity contribution in [3.05, 3.63) is 0 Å². The highest BCUT2D eigenvalue weighted by Gasteiger charge is 2.35. The molecule has 0 aliphatic heterocycles. The molecule has 0 heterocycles. The maximum absolute atomic E-state index is 10.6. The number of primary sulfonamides is 1. The van der Waals surface area contributed by atoms with Crippen molar-refractivity contribution < 1.29 is 13.5 Å². The zero-order chi connectivity index (χ0) is 7.78. The number of sulfonamides is 1. The Balaban J connectivity index is 2.41. The fourth-order valence-corrected chi connectivity index (χ4v) is 2.17. The highest BCUT2D eigenvalue weighted by molar-refractivity contribution is 7.89. The summed E-state index contributed by atoms with van der Waals surface area (Å²) in [4.78, 5) is 0. The molecule has 0 unspecified atom stereocenters. The van der Waals surface area contributed by atoms with Gasteiger partial charge >= 0.3 is 0 Å². The molecule has 0 atom stereocenters. The lowest BCUT2D eigenvalue weighted by molar-refractivity contribution is 0.165. The number of rotatable bonds is 2. The van der Waals surface area contributed by atoms with Gasteiger partial charge in [0.2, 0.25) is 10.0 Å². The van der Waals surface area contributed by atoms with Crippen LogP contribution < -0.4 is 5.14 Å². The molecule has 1 aliphatic rings. The molecule has 3 N–H and O–H groups in total. The maximum atomic E-state index is 10.6. The van der Waals surface area contributed by atoms with Crippen LogP contribution in [-0.2, 0) is 10.0 Å². The fourth-order valence-electron chi connectivity index (χ4n) is 1.09. The monoisotopic (exact) mass is 165 g/mol. The second-order valence-corrected chi connectivity index (χ2v) is 4.58. The van der Waals surface area contributed by atoms with Gasteiger partial charge in [0.25, 0.3) is 0 Å². The molecule has 1 rings (SSSR count). The quantitative estimate of drug-likeness (QED) is 0.553. The lowest BCUT2D eigenvalue weighted by Gasteiger charge is -2.31. The van der Waals surface area contributed by atoms with Crippen LogP contribution in [0.25, 0.3) is 0 Å². The van der Waals surface area contributed by atoms with Crippen molar-refractivity contribution in [3.63, 3.8) is 0 Å². The molecule has 0 bridgehead atoms. The highest BCUT2D eigenvalue weighted by Crippen LogP contribution is 2.30. The minimum atomic E-state index is -3.32. The third-order valence-corrected chi connectivity index (χ3v) is 3.23. The van der Waals surface area contributed by atoms with E-state index in [0.717, 1.165) is 0 Å². The molecule has 5 heteroatoms. The first kappa shape index (κ1) is 7.97. The summed E-state index contributed by atoms with van der Waals surface area (Å²) in [7, 11) is -3.32. The first-order chi connectivity index (χ1) is 4.54. The molecule has 0 aromatic heterocycles. The second-order valence-electron chi connectivity index (χ2n) is 2.73. The smallest absolute Gasteiger partial charge is 0.211 e. The molecule has 1 saturated carbocycles. The van der Waals surface area contributed by atoms with E-state index in [1.165, 1.54) is 0 Å². The summed E-state index contributed by atoms with van der Waals surface area (Å²) in [5.41, 5.74) is 0. The Labute approximate surface area is 60.1 Å². The average molecular weight is 165 g/mol. The van der Waals surface area contributed by atoms with E-state index in [4.69, 9.17) is 10.2 Å². The molecule has 1 aliphatic carbocycles. The zero-order valence-corrected chi connectivity index (χ0v) is 6.34. The Morgan fingerprint density at radius 3 is 2.30 bits per heavy atom. The van der Waals surface area contributed by atoms with Crippen LogP contribution in [0.4, 0.5) is 0 Å². The zero-order valence-electron chi connectivity index (χ0n) is 5.53. The summed E-state index contributed by atoms with van der Waals surface area (Å²) in [6.45, 7) is 0.0754. The highest BCUT2D eigenvalue weighted by atomic mass is 32.2. The van der Waals surface area contributed by atoms with Crippen LogP contribution in [0.5, 0.6) is 0 Å². The van der Waals surface area contributed by atoms with Crippen LogP contribution >= 0.6 is 0 Å². The Morgan fingerprint density at radius 2 is 2.00 bits per heavy atom. The van der Waals surface area contributed by atoms with E-state index in [9.17, 15) is 8.42 Å². The molecule has 1 fully saturated rings. The summed E-state index contributed by atoms with van der Waals surface area (Å²) in [6.07, 6.45) is 1.05. The third kappa shape index (κ3) is 1.47. The topological polar surface area (TPSA) is 80.4 Å². The van der Waals surface area contributed by atoms with E-state index in [0.29, 0.717) is 12.8 Å². The minimum Gasteiger partial charge on any atom is -0.396 e. The first-order valence-corrected chi connectivity index (χ1v) is 4.77. The first-order valence-electron chi connectivity index (χ1n) is 3.16. The van der Waals surface area contributed by atoms with Crippen molar-refractivity contribution in [1.29, 1.82) is 0 Å². The Morgan fingerprint density at radius 1 is 1.50 bits per heavy atom. The lowest BCUT2D eigenvalue weighted by atomic mass is 9.86. The summed E-state index contributed by atoms with van der Waals surface area (Å²) in [6, 6.07) is 0. The van der Waals surface area contributed by atoms with Crippen molar-refractivity contribution in [2.75, 3.05) is 6.61 Å². The molecule has 0 amide bonds. The van der Waals surface area contributed by atoms with Gasteiger partial charge in [-0.3, -0.25) is 0 Å². The van der Waals surface area contributed by atoms with Gasteiger partial charge in [-0.05, 0) is 18.8 Å². The number of aliphatic hydroxyl groups excluding tert-OH is 1. The van der Waals surface area contributed by atoms with E-state index < -0.39 is 15.3 Å². The van der Waals surface area contributed by atoms with E-state index in [1.54, 1.807) is 0 Å². The Bertz CT molecular complexity index is 205.